The van der Waals surface area contributed by atoms with Crippen molar-refractivity contribution >= 4 is 29.0 Å². The van der Waals surface area contributed by atoms with Crippen LogP contribution in [0.5, 0.6) is 0 Å². The molecule has 6 N–H and O–H groups in total. The number of nitrogens with two attached hydrogens (primary N) is 1. The van der Waals surface area contributed by atoms with Crippen LogP contribution < -0.4 is 21.7 Å². The SMILES string of the molecule is CC(NC(=O)[C@H]1C[C@@H](c2ccccc2)CCN1)C(=O)NCc1ccc(C(=N)N)s1. The monoisotopic (exact) mass is 413 g/mol. The second-order valence-corrected chi connectivity index (χ2v) is 8.43. The van der Waals surface area contributed by atoms with Gasteiger partial charge in [-0.2, -0.15) is 0 Å². The van der Waals surface area contributed by atoms with Gasteiger partial charge in [-0.05, 0) is 49.9 Å². The number of rotatable bonds is 7. The van der Waals surface area contributed by atoms with E-state index in [-0.39, 0.29) is 23.7 Å². The Morgan fingerprint density at radius 2 is 2.03 bits per heavy atom. The zero-order chi connectivity index (χ0) is 20.8. The number of piperidine rings is 1. The number of thiophene rings is 1. The minimum atomic E-state index is -0.631. The molecule has 3 atom stereocenters. The first kappa shape index (κ1) is 21.0. The number of amides is 2. The van der Waals surface area contributed by atoms with E-state index in [2.05, 4.69) is 28.1 Å². The molecule has 1 aromatic heterocycles. The number of benzene rings is 1. The van der Waals surface area contributed by atoms with Crippen molar-refractivity contribution in [1.29, 1.82) is 5.41 Å². The van der Waals surface area contributed by atoms with Gasteiger partial charge in [0.05, 0.1) is 17.5 Å². The van der Waals surface area contributed by atoms with E-state index in [1.165, 1.54) is 16.9 Å². The van der Waals surface area contributed by atoms with E-state index < -0.39 is 6.04 Å². The maximum Gasteiger partial charge on any atom is 0.242 e. The third kappa shape index (κ3) is 5.65. The van der Waals surface area contributed by atoms with Crippen LogP contribution in [0.4, 0.5) is 0 Å². The molecule has 1 aromatic carbocycles. The summed E-state index contributed by atoms with van der Waals surface area (Å²) >= 11 is 1.37. The summed E-state index contributed by atoms with van der Waals surface area (Å²) in [5.41, 5.74) is 6.71. The summed E-state index contributed by atoms with van der Waals surface area (Å²) < 4.78 is 0. The first-order valence-electron chi connectivity index (χ1n) is 9.73. The fourth-order valence-electron chi connectivity index (χ4n) is 3.47. The van der Waals surface area contributed by atoms with Gasteiger partial charge in [-0.1, -0.05) is 30.3 Å². The summed E-state index contributed by atoms with van der Waals surface area (Å²) in [7, 11) is 0. The molecule has 0 aliphatic carbocycles. The van der Waals surface area contributed by atoms with Crippen molar-refractivity contribution in [2.45, 2.75) is 44.3 Å². The van der Waals surface area contributed by atoms with Crippen LogP contribution in [-0.2, 0) is 16.1 Å². The van der Waals surface area contributed by atoms with Crippen molar-refractivity contribution in [2.75, 3.05) is 6.54 Å². The van der Waals surface area contributed by atoms with E-state index in [1.54, 1.807) is 13.0 Å². The maximum atomic E-state index is 12.7. The molecule has 2 aromatic rings. The molecule has 0 saturated carbocycles. The number of hydrogen-bond acceptors (Lipinski definition) is 5. The number of hydrogen-bond donors (Lipinski definition) is 5. The molecule has 7 nitrogen and oxygen atoms in total. The third-order valence-corrected chi connectivity index (χ3v) is 6.23. The van der Waals surface area contributed by atoms with Gasteiger partial charge in [0.15, 0.2) is 0 Å². The van der Waals surface area contributed by atoms with Gasteiger partial charge in [-0.15, -0.1) is 11.3 Å². The Labute approximate surface area is 174 Å². The second kappa shape index (κ2) is 9.67. The Morgan fingerprint density at radius 1 is 1.28 bits per heavy atom. The largest absolute Gasteiger partial charge is 0.383 e. The fourth-order valence-corrected chi connectivity index (χ4v) is 4.28. The van der Waals surface area contributed by atoms with E-state index in [0.29, 0.717) is 23.8 Å². The van der Waals surface area contributed by atoms with E-state index >= 15 is 0 Å². The highest BCUT2D eigenvalue weighted by Gasteiger charge is 2.29. The molecular formula is C21H27N5O2S. The van der Waals surface area contributed by atoms with E-state index in [4.69, 9.17) is 11.1 Å². The van der Waals surface area contributed by atoms with Gasteiger partial charge in [0.1, 0.15) is 11.9 Å². The van der Waals surface area contributed by atoms with Crippen LogP contribution in [0.15, 0.2) is 42.5 Å². The smallest absolute Gasteiger partial charge is 0.242 e. The Kier molecular flexibility index (Phi) is 7.00. The number of nitrogens with one attached hydrogen (secondary N) is 4. The highest BCUT2D eigenvalue weighted by Crippen LogP contribution is 2.27. The van der Waals surface area contributed by atoms with Gasteiger partial charge in [0, 0.05) is 4.88 Å². The lowest BCUT2D eigenvalue weighted by molar-refractivity contribution is -0.130. The maximum absolute atomic E-state index is 12.7. The molecule has 2 heterocycles. The number of nitrogen functional groups attached to an aromatic ring is 1. The van der Waals surface area contributed by atoms with Crippen molar-refractivity contribution in [3.63, 3.8) is 0 Å². The molecule has 0 radical (unpaired) electrons. The predicted molar refractivity (Wildman–Crippen MR) is 115 cm³/mol. The van der Waals surface area contributed by atoms with E-state index in [1.807, 2.05) is 24.3 Å². The van der Waals surface area contributed by atoms with Crippen molar-refractivity contribution in [1.82, 2.24) is 16.0 Å². The van der Waals surface area contributed by atoms with Crippen LogP contribution in [0.2, 0.25) is 0 Å². The van der Waals surface area contributed by atoms with Crippen molar-refractivity contribution in [3.05, 3.63) is 57.8 Å². The lowest BCUT2D eigenvalue weighted by Gasteiger charge is -2.30. The van der Waals surface area contributed by atoms with Crippen LogP contribution in [0.1, 0.15) is 41.0 Å². The molecule has 1 aliphatic rings. The third-order valence-electron chi connectivity index (χ3n) is 5.11. The van der Waals surface area contributed by atoms with Crippen LogP contribution in [-0.4, -0.2) is 36.3 Å². The molecule has 0 spiro atoms. The zero-order valence-corrected chi connectivity index (χ0v) is 17.2. The van der Waals surface area contributed by atoms with Gasteiger partial charge >= 0.3 is 0 Å². The topological polar surface area (TPSA) is 120 Å². The lowest BCUT2D eigenvalue weighted by Crippen LogP contribution is -2.53. The zero-order valence-electron chi connectivity index (χ0n) is 16.4. The molecule has 29 heavy (non-hydrogen) atoms. The molecule has 1 unspecified atom stereocenters. The van der Waals surface area contributed by atoms with Gasteiger partial charge in [-0.25, -0.2) is 0 Å². The van der Waals surface area contributed by atoms with Crippen LogP contribution in [0, 0.1) is 5.41 Å². The Hall–Kier alpha value is -2.71. The number of carbonyl (C=O) groups is 2. The summed E-state index contributed by atoms with van der Waals surface area (Å²) in [5, 5.41) is 16.3. The molecule has 3 rings (SSSR count). The second-order valence-electron chi connectivity index (χ2n) is 7.27. The predicted octanol–water partition coefficient (Wildman–Crippen LogP) is 1.69. The van der Waals surface area contributed by atoms with Crippen molar-refractivity contribution in [3.8, 4) is 0 Å². The van der Waals surface area contributed by atoms with Crippen LogP contribution in [0.25, 0.3) is 0 Å². The molecule has 2 amide bonds. The molecule has 0 bridgehead atoms. The molecule has 1 fully saturated rings. The Morgan fingerprint density at radius 3 is 2.72 bits per heavy atom. The van der Waals surface area contributed by atoms with Gasteiger partial charge in [0.25, 0.3) is 0 Å². The fraction of sp³-hybridized carbons (Fsp3) is 0.381. The summed E-state index contributed by atoms with van der Waals surface area (Å²) in [6, 6.07) is 12.9. The van der Waals surface area contributed by atoms with Crippen molar-refractivity contribution in [2.24, 2.45) is 5.73 Å². The molecular weight excluding hydrogens is 386 g/mol. The van der Waals surface area contributed by atoms with Gasteiger partial charge in [0.2, 0.25) is 11.8 Å². The van der Waals surface area contributed by atoms with E-state index in [9.17, 15) is 9.59 Å². The van der Waals surface area contributed by atoms with E-state index in [0.717, 1.165) is 17.8 Å². The quantitative estimate of drug-likeness (QED) is 0.350. The highest BCUT2D eigenvalue weighted by molar-refractivity contribution is 7.14. The molecule has 1 saturated heterocycles. The van der Waals surface area contributed by atoms with Gasteiger partial charge < -0.3 is 21.7 Å². The van der Waals surface area contributed by atoms with Gasteiger partial charge in [-0.3, -0.25) is 15.0 Å². The summed E-state index contributed by atoms with van der Waals surface area (Å²) in [6.07, 6.45) is 1.71. The average Bonchev–Trinajstić information content (AvgIpc) is 3.22. The van der Waals surface area contributed by atoms with Crippen LogP contribution in [0.3, 0.4) is 0 Å². The number of amidine groups is 1. The first-order valence-corrected chi connectivity index (χ1v) is 10.5. The summed E-state index contributed by atoms with van der Waals surface area (Å²) in [4.78, 5) is 26.6. The molecule has 8 heteroatoms. The minimum Gasteiger partial charge on any atom is -0.383 e. The standard InChI is InChI=1S/C21H27N5O2S/c1-13(20(27)25-12-16-7-8-18(29-16)19(22)23)26-21(28)17-11-15(9-10-24-17)14-5-3-2-4-6-14/h2-8,13,15,17,24H,9-12H2,1H3,(H3,22,23)(H,25,27)(H,26,28)/t13?,15-,17+/m0/s1. The summed E-state index contributed by atoms with van der Waals surface area (Å²) in [6.45, 7) is 2.80. The first-order chi connectivity index (χ1) is 13.9. The molecule has 154 valence electrons. The highest BCUT2D eigenvalue weighted by atomic mass is 32.1. The summed E-state index contributed by atoms with van der Waals surface area (Å²) in [5.74, 6) is -0.0385. The van der Waals surface area contributed by atoms with Crippen molar-refractivity contribution < 1.29 is 9.59 Å². The average molecular weight is 414 g/mol. The molecule has 1 aliphatic heterocycles. The lowest BCUT2D eigenvalue weighted by atomic mass is 9.86. The Bertz CT molecular complexity index is 867. The minimum absolute atomic E-state index is 0.0157. The normalized spacial score (nSPS) is 19.9. The Balaban J connectivity index is 1.48. The van der Waals surface area contributed by atoms with Crippen LogP contribution >= 0.6 is 11.3 Å². The number of carbonyl (C=O) groups excluding carboxylic acids is 2.